The quantitative estimate of drug-likeness (QED) is 0.0778. The summed E-state index contributed by atoms with van der Waals surface area (Å²) in [5, 5.41) is 25.8. The molecule has 11 N–H and O–H groups in total. The van der Waals surface area contributed by atoms with Crippen molar-refractivity contribution < 1.29 is 29.4 Å². The van der Waals surface area contributed by atoms with Crippen LogP contribution in [-0.2, 0) is 25.6 Å². The number of rotatable bonds is 14. The minimum absolute atomic E-state index is 0.0567. The standard InChI is InChI=1S/C21H33N7O6/c1-12(20(33)34)26-18(31)15(10-13-6-3-2-4-7-13)27-19(32)16(11-29)28-17(30)14(22)8-5-9-25-21(23)24/h2-4,6-7,12,14-16,29H,5,8-11,22H2,1H3,(H,26,31)(H,27,32)(H,28,30)(H,33,34)(H4,23,24,25). The lowest BCUT2D eigenvalue weighted by Crippen LogP contribution is -2.58. The number of benzene rings is 1. The fourth-order valence-corrected chi connectivity index (χ4v) is 2.83. The lowest BCUT2D eigenvalue weighted by molar-refractivity contribution is -0.141. The topological polar surface area (TPSA) is 235 Å². The van der Waals surface area contributed by atoms with Gasteiger partial charge in [0.05, 0.1) is 12.6 Å². The molecule has 0 spiro atoms. The van der Waals surface area contributed by atoms with Crippen LogP contribution in [0.2, 0.25) is 0 Å². The van der Waals surface area contributed by atoms with Gasteiger partial charge < -0.3 is 43.4 Å². The Balaban J connectivity index is 2.82. The zero-order valence-corrected chi connectivity index (χ0v) is 18.9. The Hall–Kier alpha value is -3.71. The minimum atomic E-state index is -1.38. The van der Waals surface area contributed by atoms with Crippen molar-refractivity contribution in [2.75, 3.05) is 13.2 Å². The summed E-state index contributed by atoms with van der Waals surface area (Å²) in [6.07, 6.45) is 0.708. The van der Waals surface area contributed by atoms with E-state index in [0.29, 0.717) is 12.0 Å². The van der Waals surface area contributed by atoms with Gasteiger partial charge in [-0.1, -0.05) is 30.3 Å². The molecular weight excluding hydrogens is 446 g/mol. The fourth-order valence-electron chi connectivity index (χ4n) is 2.83. The average molecular weight is 480 g/mol. The summed E-state index contributed by atoms with van der Waals surface area (Å²) in [6.45, 7) is 0.814. The molecule has 1 rings (SSSR count). The largest absolute Gasteiger partial charge is 0.480 e. The van der Waals surface area contributed by atoms with Crippen LogP contribution in [0.1, 0.15) is 25.3 Å². The van der Waals surface area contributed by atoms with Crippen molar-refractivity contribution in [1.82, 2.24) is 16.0 Å². The van der Waals surface area contributed by atoms with Crippen molar-refractivity contribution in [1.29, 1.82) is 0 Å². The van der Waals surface area contributed by atoms with Gasteiger partial charge in [0, 0.05) is 13.0 Å². The van der Waals surface area contributed by atoms with Crippen molar-refractivity contribution in [2.24, 2.45) is 22.2 Å². The Bertz CT molecular complexity index is 860. The molecule has 1 aromatic rings. The van der Waals surface area contributed by atoms with Gasteiger partial charge >= 0.3 is 5.97 Å². The average Bonchev–Trinajstić information content (AvgIpc) is 2.79. The summed E-state index contributed by atoms with van der Waals surface area (Å²) in [5.41, 5.74) is 17.0. The number of carboxylic acid groups (broad SMARTS) is 1. The Labute approximate surface area is 197 Å². The molecule has 13 heteroatoms. The number of amides is 3. The molecule has 4 atom stereocenters. The lowest BCUT2D eigenvalue weighted by atomic mass is 10.0. The van der Waals surface area contributed by atoms with Crippen LogP contribution in [0.15, 0.2) is 35.3 Å². The highest BCUT2D eigenvalue weighted by Gasteiger charge is 2.29. The Kier molecular flexibility index (Phi) is 12.0. The Morgan fingerprint density at radius 3 is 2.12 bits per heavy atom. The van der Waals surface area contributed by atoms with E-state index >= 15 is 0 Å². The van der Waals surface area contributed by atoms with Crippen LogP contribution in [0.4, 0.5) is 0 Å². The third-order valence-electron chi connectivity index (χ3n) is 4.76. The second-order valence-corrected chi connectivity index (χ2v) is 7.62. The van der Waals surface area contributed by atoms with Gasteiger partial charge in [0.25, 0.3) is 0 Å². The molecule has 1 aromatic carbocycles. The van der Waals surface area contributed by atoms with Crippen molar-refractivity contribution in [3.05, 3.63) is 35.9 Å². The van der Waals surface area contributed by atoms with Crippen LogP contribution in [0.25, 0.3) is 0 Å². The molecule has 0 aliphatic rings. The monoisotopic (exact) mass is 479 g/mol. The summed E-state index contributed by atoms with van der Waals surface area (Å²) in [4.78, 5) is 52.6. The molecule has 0 saturated carbocycles. The van der Waals surface area contributed by atoms with Crippen molar-refractivity contribution in [3.63, 3.8) is 0 Å². The van der Waals surface area contributed by atoms with Crippen molar-refractivity contribution >= 4 is 29.7 Å². The maximum atomic E-state index is 12.7. The molecule has 0 aliphatic carbocycles. The molecule has 188 valence electrons. The van der Waals surface area contributed by atoms with Gasteiger partial charge in [0.2, 0.25) is 17.7 Å². The number of nitrogens with zero attached hydrogens (tertiary/aromatic N) is 1. The number of aliphatic carboxylic acids is 1. The summed E-state index contributed by atoms with van der Waals surface area (Å²) >= 11 is 0. The highest BCUT2D eigenvalue weighted by Crippen LogP contribution is 2.05. The number of carbonyl (C=O) groups is 4. The highest BCUT2D eigenvalue weighted by atomic mass is 16.4. The molecular formula is C21H33N7O6. The number of aliphatic imine (C=N–C) groups is 1. The molecule has 0 heterocycles. The number of aliphatic hydroxyl groups is 1. The number of aliphatic hydroxyl groups excluding tert-OH is 1. The van der Waals surface area contributed by atoms with Crippen molar-refractivity contribution in [3.8, 4) is 0 Å². The molecule has 0 saturated heterocycles. The lowest BCUT2D eigenvalue weighted by Gasteiger charge is -2.24. The van der Waals surface area contributed by atoms with Gasteiger partial charge in [0.1, 0.15) is 18.1 Å². The maximum Gasteiger partial charge on any atom is 0.325 e. The Morgan fingerprint density at radius 2 is 1.56 bits per heavy atom. The molecule has 13 nitrogen and oxygen atoms in total. The van der Waals surface area contributed by atoms with Crippen molar-refractivity contribution in [2.45, 2.75) is 50.4 Å². The molecule has 4 unspecified atom stereocenters. The second-order valence-electron chi connectivity index (χ2n) is 7.62. The summed E-state index contributed by atoms with van der Waals surface area (Å²) < 4.78 is 0. The number of guanidine groups is 1. The van der Waals surface area contributed by atoms with E-state index in [0.717, 1.165) is 0 Å². The first kappa shape index (κ1) is 28.3. The first-order chi connectivity index (χ1) is 16.0. The van der Waals surface area contributed by atoms with Gasteiger partial charge in [-0.2, -0.15) is 0 Å². The molecule has 34 heavy (non-hydrogen) atoms. The molecule has 0 aromatic heterocycles. The van der Waals surface area contributed by atoms with Gasteiger partial charge in [-0.25, -0.2) is 0 Å². The second kappa shape index (κ2) is 14.4. The predicted octanol–water partition coefficient (Wildman–Crippen LogP) is -2.84. The van der Waals surface area contributed by atoms with Crippen LogP contribution in [-0.4, -0.2) is 77.2 Å². The van der Waals surface area contributed by atoms with Crippen LogP contribution < -0.4 is 33.2 Å². The van der Waals surface area contributed by atoms with Gasteiger partial charge in [0.15, 0.2) is 5.96 Å². The van der Waals surface area contributed by atoms with Gasteiger partial charge in [-0.15, -0.1) is 0 Å². The SMILES string of the molecule is CC(NC(=O)C(Cc1ccccc1)NC(=O)C(CO)NC(=O)C(N)CCCN=C(N)N)C(=O)O. The number of nitrogens with two attached hydrogens (primary N) is 3. The molecule has 3 amide bonds. The smallest absolute Gasteiger partial charge is 0.325 e. The van der Waals surface area contributed by atoms with E-state index in [4.69, 9.17) is 22.3 Å². The zero-order chi connectivity index (χ0) is 25.7. The highest BCUT2D eigenvalue weighted by molar-refractivity contribution is 5.94. The van der Waals surface area contributed by atoms with E-state index in [1.54, 1.807) is 30.3 Å². The van der Waals surface area contributed by atoms with E-state index in [-0.39, 0.29) is 25.3 Å². The van der Waals surface area contributed by atoms with E-state index in [9.17, 15) is 24.3 Å². The molecule has 0 fully saturated rings. The normalized spacial score (nSPS) is 14.1. The minimum Gasteiger partial charge on any atom is -0.480 e. The van der Waals surface area contributed by atoms with E-state index in [1.165, 1.54) is 6.92 Å². The van der Waals surface area contributed by atoms with Crippen LogP contribution in [0.5, 0.6) is 0 Å². The van der Waals surface area contributed by atoms with E-state index < -0.39 is 54.5 Å². The third kappa shape index (κ3) is 10.3. The zero-order valence-electron chi connectivity index (χ0n) is 18.9. The first-order valence-corrected chi connectivity index (χ1v) is 10.6. The molecule has 0 bridgehead atoms. The number of nitrogens with one attached hydrogen (secondary N) is 3. The predicted molar refractivity (Wildman–Crippen MR) is 124 cm³/mol. The number of carbonyl (C=O) groups excluding carboxylic acids is 3. The third-order valence-corrected chi connectivity index (χ3v) is 4.76. The van der Waals surface area contributed by atoms with E-state index in [2.05, 4.69) is 20.9 Å². The van der Waals surface area contributed by atoms with Crippen LogP contribution >= 0.6 is 0 Å². The number of hydrogen-bond acceptors (Lipinski definition) is 7. The van der Waals surface area contributed by atoms with Gasteiger partial charge in [-0.05, 0) is 25.3 Å². The summed E-state index contributed by atoms with van der Waals surface area (Å²) in [5.74, 6) is -3.56. The molecule has 0 radical (unpaired) electrons. The molecule has 0 aliphatic heterocycles. The number of hydrogen-bond donors (Lipinski definition) is 8. The number of carboxylic acids is 1. The fraction of sp³-hybridized carbons (Fsp3) is 0.476. The summed E-state index contributed by atoms with van der Waals surface area (Å²) in [6, 6.07) is 4.05. The first-order valence-electron chi connectivity index (χ1n) is 10.6. The van der Waals surface area contributed by atoms with Crippen LogP contribution in [0.3, 0.4) is 0 Å². The Morgan fingerprint density at radius 1 is 0.971 bits per heavy atom. The van der Waals surface area contributed by atoms with Gasteiger partial charge in [-0.3, -0.25) is 24.2 Å². The van der Waals surface area contributed by atoms with E-state index in [1.807, 2.05) is 0 Å². The summed E-state index contributed by atoms with van der Waals surface area (Å²) in [7, 11) is 0. The van der Waals surface area contributed by atoms with Crippen LogP contribution in [0, 0.1) is 0 Å². The maximum absolute atomic E-state index is 12.7.